The predicted molar refractivity (Wildman–Crippen MR) is 101 cm³/mol. The molecular formula is C20H26N4O. The van der Waals surface area contributed by atoms with Gasteiger partial charge in [-0.2, -0.15) is 5.10 Å². The largest absolute Gasteiger partial charge is 0.274 e. The third kappa shape index (κ3) is 3.65. The molecular weight excluding hydrogens is 312 g/mol. The zero-order chi connectivity index (χ0) is 17.8. The minimum atomic E-state index is -0.0172. The molecule has 0 bridgehead atoms. The normalized spacial score (nSPS) is 11.3. The Balaban J connectivity index is 2.02. The first-order chi connectivity index (χ1) is 12.1. The average Bonchev–Trinajstić information content (AvgIpc) is 2.95. The molecule has 5 nitrogen and oxygen atoms in total. The van der Waals surface area contributed by atoms with Crippen LogP contribution in [-0.4, -0.2) is 19.6 Å². The van der Waals surface area contributed by atoms with Crippen LogP contribution in [0.25, 0.3) is 16.6 Å². The van der Waals surface area contributed by atoms with Gasteiger partial charge in [0, 0.05) is 17.6 Å². The Morgan fingerprint density at radius 3 is 2.36 bits per heavy atom. The van der Waals surface area contributed by atoms with E-state index in [4.69, 9.17) is 0 Å². The van der Waals surface area contributed by atoms with Gasteiger partial charge in [-0.25, -0.2) is 9.36 Å². The SMILES string of the molecule is CCCCCCCn1nc(-n2nc(C)cc2C)c2ccccc2c1=O. The lowest BCUT2D eigenvalue weighted by Gasteiger charge is -2.12. The molecule has 25 heavy (non-hydrogen) atoms. The van der Waals surface area contributed by atoms with Crippen LogP contribution in [0.3, 0.4) is 0 Å². The lowest BCUT2D eigenvalue weighted by atomic mass is 10.1. The van der Waals surface area contributed by atoms with Crippen molar-refractivity contribution in [3.8, 4) is 5.82 Å². The average molecular weight is 338 g/mol. The minimum absolute atomic E-state index is 0.0172. The van der Waals surface area contributed by atoms with Gasteiger partial charge in [0.2, 0.25) is 0 Å². The van der Waals surface area contributed by atoms with Crippen LogP contribution >= 0.6 is 0 Å². The fourth-order valence-corrected chi connectivity index (χ4v) is 3.23. The highest BCUT2D eigenvalue weighted by molar-refractivity contribution is 5.87. The Hall–Kier alpha value is -2.43. The molecule has 0 N–H and O–H groups in total. The van der Waals surface area contributed by atoms with Crippen LogP contribution in [0.4, 0.5) is 0 Å². The highest BCUT2D eigenvalue weighted by Gasteiger charge is 2.14. The Kier molecular flexibility index (Phi) is 5.31. The molecule has 0 amide bonds. The van der Waals surface area contributed by atoms with Crippen LogP contribution in [0.5, 0.6) is 0 Å². The molecule has 2 aromatic heterocycles. The van der Waals surface area contributed by atoms with Crippen LogP contribution in [0.2, 0.25) is 0 Å². The van der Waals surface area contributed by atoms with Gasteiger partial charge in [0.25, 0.3) is 5.56 Å². The van der Waals surface area contributed by atoms with E-state index in [9.17, 15) is 4.79 Å². The Bertz CT molecular complexity index is 923. The molecule has 5 heteroatoms. The van der Waals surface area contributed by atoms with Crippen molar-refractivity contribution >= 4 is 10.8 Å². The summed E-state index contributed by atoms with van der Waals surface area (Å²) < 4.78 is 3.45. The summed E-state index contributed by atoms with van der Waals surface area (Å²) in [5, 5.41) is 10.8. The summed E-state index contributed by atoms with van der Waals surface area (Å²) in [6.07, 6.45) is 5.78. The number of benzene rings is 1. The van der Waals surface area contributed by atoms with E-state index in [2.05, 4.69) is 17.1 Å². The number of hydrogen-bond donors (Lipinski definition) is 0. The van der Waals surface area contributed by atoms with E-state index in [1.54, 1.807) is 4.68 Å². The number of unbranched alkanes of at least 4 members (excludes halogenated alkanes) is 4. The molecule has 132 valence electrons. The fraction of sp³-hybridized carbons (Fsp3) is 0.450. The van der Waals surface area contributed by atoms with Gasteiger partial charge in [-0.05, 0) is 32.4 Å². The number of aromatic nitrogens is 4. The number of hydrogen-bond acceptors (Lipinski definition) is 3. The maximum absolute atomic E-state index is 12.8. The first-order valence-corrected chi connectivity index (χ1v) is 9.15. The summed E-state index contributed by atoms with van der Waals surface area (Å²) in [4.78, 5) is 12.8. The molecule has 0 fully saturated rings. The molecule has 2 heterocycles. The monoisotopic (exact) mass is 338 g/mol. The van der Waals surface area contributed by atoms with E-state index in [1.807, 2.05) is 48.9 Å². The lowest BCUT2D eigenvalue weighted by molar-refractivity contribution is 0.511. The van der Waals surface area contributed by atoms with Crippen LogP contribution < -0.4 is 5.56 Å². The van der Waals surface area contributed by atoms with Gasteiger partial charge in [-0.15, -0.1) is 5.10 Å². The molecule has 0 saturated heterocycles. The van der Waals surface area contributed by atoms with Gasteiger partial charge in [0.05, 0.1) is 11.1 Å². The van der Waals surface area contributed by atoms with Crippen molar-refractivity contribution in [1.82, 2.24) is 19.6 Å². The Labute approximate surface area is 148 Å². The van der Waals surface area contributed by atoms with E-state index < -0.39 is 0 Å². The van der Waals surface area contributed by atoms with Gasteiger partial charge in [-0.1, -0.05) is 50.8 Å². The standard InChI is InChI=1S/C20H26N4O/c1-4-5-6-7-10-13-23-20(25)18-12-9-8-11-17(18)19(22-23)24-16(3)14-15(2)21-24/h8-9,11-12,14H,4-7,10,13H2,1-3H3. The summed E-state index contributed by atoms with van der Waals surface area (Å²) >= 11 is 0. The third-order valence-corrected chi connectivity index (χ3v) is 4.53. The van der Waals surface area contributed by atoms with E-state index in [0.717, 1.165) is 35.4 Å². The van der Waals surface area contributed by atoms with E-state index >= 15 is 0 Å². The number of rotatable bonds is 7. The van der Waals surface area contributed by atoms with Crippen molar-refractivity contribution < 1.29 is 0 Å². The zero-order valence-electron chi connectivity index (χ0n) is 15.3. The van der Waals surface area contributed by atoms with Crippen LogP contribution in [0, 0.1) is 13.8 Å². The minimum Gasteiger partial charge on any atom is -0.267 e. The van der Waals surface area contributed by atoms with Crippen molar-refractivity contribution in [3.05, 3.63) is 52.1 Å². The maximum Gasteiger partial charge on any atom is 0.274 e. The second-order valence-corrected chi connectivity index (χ2v) is 6.65. The van der Waals surface area contributed by atoms with E-state index in [0.29, 0.717) is 11.9 Å². The van der Waals surface area contributed by atoms with Gasteiger partial charge in [-0.3, -0.25) is 4.79 Å². The van der Waals surface area contributed by atoms with Gasteiger partial charge < -0.3 is 0 Å². The quantitative estimate of drug-likeness (QED) is 0.608. The maximum atomic E-state index is 12.8. The van der Waals surface area contributed by atoms with Crippen molar-refractivity contribution in [2.45, 2.75) is 59.4 Å². The topological polar surface area (TPSA) is 52.7 Å². The molecule has 0 unspecified atom stereocenters. The highest BCUT2D eigenvalue weighted by Crippen LogP contribution is 2.19. The third-order valence-electron chi connectivity index (χ3n) is 4.53. The van der Waals surface area contributed by atoms with Crippen LogP contribution in [-0.2, 0) is 6.54 Å². The summed E-state index contributed by atoms with van der Waals surface area (Å²) in [5.41, 5.74) is 1.94. The van der Waals surface area contributed by atoms with E-state index in [-0.39, 0.29) is 5.56 Å². The predicted octanol–water partition coefficient (Wildman–Crippen LogP) is 4.17. The summed E-state index contributed by atoms with van der Waals surface area (Å²) in [6, 6.07) is 9.69. The van der Waals surface area contributed by atoms with Crippen molar-refractivity contribution in [1.29, 1.82) is 0 Å². The van der Waals surface area contributed by atoms with E-state index in [1.165, 1.54) is 19.3 Å². The van der Waals surface area contributed by atoms with Gasteiger partial charge in [0.1, 0.15) is 0 Å². The van der Waals surface area contributed by atoms with Crippen LogP contribution in [0.1, 0.15) is 50.4 Å². The summed E-state index contributed by atoms with van der Waals surface area (Å²) in [5.74, 6) is 0.731. The fourth-order valence-electron chi connectivity index (χ4n) is 3.23. The Morgan fingerprint density at radius 2 is 1.68 bits per heavy atom. The molecule has 3 aromatic rings. The first-order valence-electron chi connectivity index (χ1n) is 9.15. The molecule has 1 aromatic carbocycles. The molecule has 3 rings (SSSR count). The molecule has 0 aliphatic rings. The molecule has 0 saturated carbocycles. The molecule has 0 aliphatic carbocycles. The summed E-state index contributed by atoms with van der Waals surface area (Å²) in [6.45, 7) is 6.84. The summed E-state index contributed by atoms with van der Waals surface area (Å²) in [7, 11) is 0. The smallest absolute Gasteiger partial charge is 0.267 e. The van der Waals surface area contributed by atoms with Gasteiger partial charge >= 0.3 is 0 Å². The first kappa shape index (κ1) is 17.4. The second kappa shape index (κ2) is 7.64. The van der Waals surface area contributed by atoms with Gasteiger partial charge in [0.15, 0.2) is 5.82 Å². The molecule has 0 atom stereocenters. The van der Waals surface area contributed by atoms with Crippen molar-refractivity contribution in [2.75, 3.05) is 0 Å². The van der Waals surface area contributed by atoms with Crippen LogP contribution in [0.15, 0.2) is 35.1 Å². The number of fused-ring (bicyclic) bond motifs is 1. The number of aryl methyl sites for hydroxylation is 3. The Morgan fingerprint density at radius 1 is 0.960 bits per heavy atom. The number of nitrogens with zero attached hydrogens (tertiary/aromatic N) is 4. The molecule has 0 radical (unpaired) electrons. The molecule has 0 spiro atoms. The molecule has 0 aliphatic heterocycles. The van der Waals surface area contributed by atoms with Crippen molar-refractivity contribution in [2.24, 2.45) is 0 Å². The second-order valence-electron chi connectivity index (χ2n) is 6.65. The highest BCUT2D eigenvalue weighted by atomic mass is 16.1. The lowest BCUT2D eigenvalue weighted by Crippen LogP contribution is -2.25. The van der Waals surface area contributed by atoms with Crippen molar-refractivity contribution in [3.63, 3.8) is 0 Å². The zero-order valence-corrected chi connectivity index (χ0v) is 15.3.